The lowest BCUT2D eigenvalue weighted by Crippen LogP contribution is -2.15. The van der Waals surface area contributed by atoms with Crippen molar-refractivity contribution in [2.45, 2.75) is 24.9 Å². The second-order valence-electron chi connectivity index (χ2n) is 8.22. The third-order valence-corrected chi connectivity index (χ3v) is 6.65. The minimum absolute atomic E-state index is 0.0714. The molecule has 7 nitrogen and oxygen atoms in total. The first-order valence-corrected chi connectivity index (χ1v) is 12.6. The highest BCUT2D eigenvalue weighted by Gasteiger charge is 2.20. The molecule has 0 saturated carbocycles. The van der Waals surface area contributed by atoms with Crippen molar-refractivity contribution in [3.05, 3.63) is 82.9 Å². The van der Waals surface area contributed by atoms with E-state index in [2.05, 4.69) is 41.5 Å². The standard InChI is InChI=1S/C27H24ClN5O2S/c1-17(2)22-6-4-5-7-24(22)33-26(18-9-12-21(35-3)13-10-18)31-32-27(33)36-16-25(34)30-23-14-20(28)11-8-19(23)15-29/h4-14,17H,16H2,1-3H3,(H,30,34). The van der Waals surface area contributed by atoms with Gasteiger partial charge in [0.2, 0.25) is 5.91 Å². The predicted octanol–water partition coefficient (Wildman–Crippen LogP) is 6.32. The van der Waals surface area contributed by atoms with Gasteiger partial charge in [-0.3, -0.25) is 9.36 Å². The van der Waals surface area contributed by atoms with Crippen LogP contribution in [0, 0.1) is 11.3 Å². The van der Waals surface area contributed by atoms with Crippen LogP contribution in [0.25, 0.3) is 17.1 Å². The number of ether oxygens (including phenoxy) is 1. The Bertz CT molecular complexity index is 1430. The van der Waals surface area contributed by atoms with Crippen molar-refractivity contribution in [1.82, 2.24) is 14.8 Å². The zero-order valence-corrected chi connectivity index (χ0v) is 21.6. The molecule has 4 aromatic rings. The molecule has 3 aromatic carbocycles. The molecular formula is C27H24ClN5O2S. The molecule has 182 valence electrons. The summed E-state index contributed by atoms with van der Waals surface area (Å²) in [6, 6.07) is 22.5. The molecule has 0 aliphatic rings. The van der Waals surface area contributed by atoms with Gasteiger partial charge in [-0.25, -0.2) is 0 Å². The number of methoxy groups -OCH3 is 1. The zero-order valence-electron chi connectivity index (χ0n) is 20.0. The van der Waals surface area contributed by atoms with Crippen molar-refractivity contribution in [3.8, 4) is 28.9 Å². The maximum atomic E-state index is 12.8. The Hall–Kier alpha value is -3.80. The minimum atomic E-state index is -0.281. The molecule has 0 unspecified atom stereocenters. The van der Waals surface area contributed by atoms with Crippen LogP contribution in [0.3, 0.4) is 0 Å². The van der Waals surface area contributed by atoms with Gasteiger partial charge in [-0.15, -0.1) is 10.2 Å². The Labute approximate surface area is 219 Å². The number of hydrogen-bond donors (Lipinski definition) is 1. The van der Waals surface area contributed by atoms with Gasteiger partial charge in [0.1, 0.15) is 11.8 Å². The van der Waals surface area contributed by atoms with Crippen molar-refractivity contribution in [2.75, 3.05) is 18.2 Å². The second kappa shape index (κ2) is 11.3. The molecule has 0 aliphatic carbocycles. The number of amides is 1. The van der Waals surface area contributed by atoms with Crippen LogP contribution in [0.2, 0.25) is 5.02 Å². The van der Waals surface area contributed by atoms with Gasteiger partial charge in [0.05, 0.1) is 29.8 Å². The molecule has 9 heteroatoms. The predicted molar refractivity (Wildman–Crippen MR) is 143 cm³/mol. The summed E-state index contributed by atoms with van der Waals surface area (Å²) in [6.07, 6.45) is 0. The Morgan fingerprint density at radius 1 is 1.14 bits per heavy atom. The van der Waals surface area contributed by atoms with Crippen molar-refractivity contribution in [3.63, 3.8) is 0 Å². The van der Waals surface area contributed by atoms with Crippen molar-refractivity contribution < 1.29 is 9.53 Å². The number of halogens is 1. The number of nitrogens with one attached hydrogen (secondary N) is 1. The first kappa shape index (κ1) is 25.3. The topological polar surface area (TPSA) is 92.8 Å². The van der Waals surface area contributed by atoms with E-state index in [0.717, 1.165) is 22.6 Å². The van der Waals surface area contributed by atoms with Crippen LogP contribution in [0.5, 0.6) is 5.75 Å². The third-order valence-electron chi connectivity index (χ3n) is 5.49. The lowest BCUT2D eigenvalue weighted by molar-refractivity contribution is -0.113. The molecule has 1 amide bonds. The molecular weight excluding hydrogens is 494 g/mol. The van der Waals surface area contributed by atoms with Gasteiger partial charge in [0.25, 0.3) is 0 Å². The van der Waals surface area contributed by atoms with Crippen LogP contribution < -0.4 is 10.1 Å². The summed E-state index contributed by atoms with van der Waals surface area (Å²) in [6.45, 7) is 4.27. The molecule has 1 N–H and O–H groups in total. The first-order chi connectivity index (χ1) is 17.4. The molecule has 0 aliphatic heterocycles. The summed E-state index contributed by atoms with van der Waals surface area (Å²) in [7, 11) is 1.62. The highest BCUT2D eigenvalue weighted by Crippen LogP contribution is 2.33. The van der Waals surface area contributed by atoms with Crippen molar-refractivity contribution in [1.29, 1.82) is 5.26 Å². The summed E-state index contributed by atoms with van der Waals surface area (Å²) in [5.74, 6) is 1.46. The van der Waals surface area contributed by atoms with Crippen molar-refractivity contribution in [2.24, 2.45) is 0 Å². The fourth-order valence-electron chi connectivity index (χ4n) is 3.72. The van der Waals surface area contributed by atoms with Gasteiger partial charge in [-0.2, -0.15) is 5.26 Å². The number of thioether (sulfide) groups is 1. The van der Waals surface area contributed by atoms with Gasteiger partial charge in [-0.05, 0) is 60.0 Å². The average Bonchev–Trinajstić information content (AvgIpc) is 3.31. The van der Waals surface area contributed by atoms with Gasteiger partial charge in [0.15, 0.2) is 11.0 Å². The maximum Gasteiger partial charge on any atom is 0.234 e. The second-order valence-corrected chi connectivity index (χ2v) is 9.60. The number of anilines is 1. The van der Waals surface area contributed by atoms with Crippen LogP contribution in [0.4, 0.5) is 5.69 Å². The number of para-hydroxylation sites is 1. The van der Waals surface area contributed by atoms with Crippen LogP contribution in [-0.4, -0.2) is 33.5 Å². The van der Waals surface area contributed by atoms with E-state index in [1.807, 2.05) is 47.0 Å². The lowest BCUT2D eigenvalue weighted by Gasteiger charge is -2.17. The van der Waals surface area contributed by atoms with E-state index >= 15 is 0 Å². The summed E-state index contributed by atoms with van der Waals surface area (Å²) in [4.78, 5) is 12.8. The molecule has 36 heavy (non-hydrogen) atoms. The van der Waals surface area contributed by atoms with Gasteiger partial charge in [0, 0.05) is 10.6 Å². The summed E-state index contributed by atoms with van der Waals surface area (Å²) >= 11 is 7.31. The molecule has 0 radical (unpaired) electrons. The highest BCUT2D eigenvalue weighted by molar-refractivity contribution is 7.99. The molecule has 4 rings (SSSR count). The normalized spacial score (nSPS) is 10.8. The first-order valence-electron chi connectivity index (χ1n) is 11.2. The van der Waals surface area contributed by atoms with Crippen LogP contribution in [0.1, 0.15) is 30.9 Å². The molecule has 1 aromatic heterocycles. The van der Waals surface area contributed by atoms with E-state index in [0.29, 0.717) is 27.3 Å². The van der Waals surface area contributed by atoms with E-state index in [-0.39, 0.29) is 17.6 Å². The molecule has 0 saturated heterocycles. The van der Waals surface area contributed by atoms with Crippen LogP contribution >= 0.6 is 23.4 Å². The number of nitrogens with zero attached hydrogens (tertiary/aromatic N) is 4. The number of carbonyl (C=O) groups is 1. The minimum Gasteiger partial charge on any atom is -0.497 e. The molecule has 0 fully saturated rings. The van der Waals surface area contributed by atoms with E-state index in [1.54, 1.807) is 25.3 Å². The highest BCUT2D eigenvalue weighted by atomic mass is 35.5. The zero-order chi connectivity index (χ0) is 25.7. The number of benzene rings is 3. The summed E-state index contributed by atoms with van der Waals surface area (Å²) in [5.41, 5.74) is 3.68. The number of hydrogen-bond acceptors (Lipinski definition) is 6. The Kier molecular flexibility index (Phi) is 7.93. The summed E-state index contributed by atoms with van der Waals surface area (Å²) in [5, 5.41) is 22.0. The SMILES string of the molecule is COc1ccc(-c2nnc(SCC(=O)Nc3cc(Cl)ccc3C#N)n2-c2ccccc2C(C)C)cc1. The molecule has 0 spiro atoms. The number of rotatable bonds is 8. The van der Waals surface area contributed by atoms with Gasteiger partial charge < -0.3 is 10.1 Å². The molecule has 0 atom stereocenters. The van der Waals surface area contributed by atoms with E-state index in [9.17, 15) is 10.1 Å². The average molecular weight is 518 g/mol. The fourth-order valence-corrected chi connectivity index (χ4v) is 4.64. The van der Waals surface area contributed by atoms with Crippen LogP contribution in [-0.2, 0) is 4.79 Å². The van der Waals surface area contributed by atoms with Gasteiger partial charge >= 0.3 is 0 Å². The Morgan fingerprint density at radius 3 is 2.58 bits per heavy atom. The summed E-state index contributed by atoms with van der Waals surface area (Å²) < 4.78 is 7.27. The number of aromatic nitrogens is 3. The van der Waals surface area contributed by atoms with E-state index in [1.165, 1.54) is 11.8 Å². The maximum absolute atomic E-state index is 12.8. The number of carbonyl (C=O) groups excluding carboxylic acids is 1. The van der Waals surface area contributed by atoms with Crippen molar-refractivity contribution >= 4 is 35.0 Å². The van der Waals surface area contributed by atoms with E-state index in [4.69, 9.17) is 16.3 Å². The monoisotopic (exact) mass is 517 g/mol. The largest absolute Gasteiger partial charge is 0.497 e. The quantitative estimate of drug-likeness (QED) is 0.275. The molecule has 0 bridgehead atoms. The van der Waals surface area contributed by atoms with Gasteiger partial charge in [-0.1, -0.05) is 55.4 Å². The Balaban J connectivity index is 1.67. The van der Waals surface area contributed by atoms with E-state index < -0.39 is 0 Å². The Morgan fingerprint density at radius 2 is 1.89 bits per heavy atom. The molecule has 1 heterocycles. The number of nitriles is 1. The lowest BCUT2D eigenvalue weighted by atomic mass is 10.0. The fraction of sp³-hybridized carbons (Fsp3) is 0.185. The smallest absolute Gasteiger partial charge is 0.234 e. The third kappa shape index (κ3) is 5.54. The van der Waals surface area contributed by atoms with Crippen LogP contribution in [0.15, 0.2) is 71.9 Å².